The number of nitrogens with zero attached hydrogens (tertiary/aromatic N) is 3. The summed E-state index contributed by atoms with van der Waals surface area (Å²) in [5.74, 6) is -0.367. The third kappa shape index (κ3) is 4.22. The molecule has 0 saturated heterocycles. The van der Waals surface area contributed by atoms with E-state index in [9.17, 15) is 9.18 Å². The van der Waals surface area contributed by atoms with Crippen molar-refractivity contribution in [2.24, 2.45) is 0 Å². The number of anilines is 2. The molecule has 2 heterocycles. The molecule has 0 fully saturated rings. The van der Waals surface area contributed by atoms with Gasteiger partial charge in [-0.05, 0) is 63.6 Å². The maximum absolute atomic E-state index is 13.6. The number of carbonyl (C=O) groups excluding carboxylic acids is 1. The van der Waals surface area contributed by atoms with Crippen LogP contribution in [0.15, 0.2) is 36.5 Å². The Labute approximate surface area is 170 Å². The van der Waals surface area contributed by atoms with Crippen LogP contribution in [0, 0.1) is 19.7 Å². The second-order valence-electron chi connectivity index (χ2n) is 6.44. The number of fused-ring (bicyclic) bond motifs is 1. The molecule has 0 aliphatic heterocycles. The minimum atomic E-state index is -0.267. The van der Waals surface area contributed by atoms with Crippen LogP contribution in [0.5, 0.6) is 0 Å². The Morgan fingerprint density at radius 1 is 1.14 bits per heavy atom. The quantitative estimate of drug-likeness (QED) is 0.650. The van der Waals surface area contributed by atoms with Gasteiger partial charge in [0.2, 0.25) is 0 Å². The number of rotatable bonds is 5. The highest BCUT2D eigenvalue weighted by atomic mass is 35.5. The number of benzene rings is 1. The van der Waals surface area contributed by atoms with Gasteiger partial charge in [-0.1, -0.05) is 0 Å². The number of nitrogens with one attached hydrogen (secondary N) is 1. The van der Waals surface area contributed by atoms with Crippen LogP contribution < -0.4 is 5.32 Å². The summed E-state index contributed by atoms with van der Waals surface area (Å²) in [6.07, 6.45) is 1.56. The van der Waals surface area contributed by atoms with Crippen LogP contribution >= 0.6 is 12.4 Å². The number of halogens is 2. The average molecular weight is 403 g/mol. The van der Waals surface area contributed by atoms with Crippen LogP contribution in [0.4, 0.5) is 15.8 Å². The molecule has 0 saturated carbocycles. The van der Waals surface area contributed by atoms with Crippen molar-refractivity contribution in [1.29, 1.82) is 0 Å². The highest BCUT2D eigenvalue weighted by molar-refractivity contribution is 6.07. The van der Waals surface area contributed by atoms with E-state index in [0.29, 0.717) is 41.2 Å². The molecule has 7 heteroatoms. The number of aromatic nitrogens is 2. The van der Waals surface area contributed by atoms with Crippen molar-refractivity contribution in [2.45, 2.75) is 27.7 Å². The van der Waals surface area contributed by atoms with Gasteiger partial charge in [-0.2, -0.15) is 0 Å². The molecule has 0 unspecified atom stereocenters. The van der Waals surface area contributed by atoms with Crippen molar-refractivity contribution in [1.82, 2.24) is 14.9 Å². The number of hydrogen-bond acceptors (Lipinski definition) is 4. The standard InChI is InChI=1S/C21H23FN4O.ClH/c1-5-26(6-2)21(27)17-12-23-20-16(9-7-14(4)24-20)19(17)25-15-8-10-18(22)13(3)11-15;/h7-12H,5-6H2,1-4H3,(H,23,24,25);1H. The summed E-state index contributed by atoms with van der Waals surface area (Å²) in [5, 5.41) is 4.04. The molecule has 28 heavy (non-hydrogen) atoms. The monoisotopic (exact) mass is 402 g/mol. The zero-order valence-corrected chi connectivity index (χ0v) is 17.2. The zero-order valence-electron chi connectivity index (χ0n) is 16.4. The van der Waals surface area contributed by atoms with Gasteiger partial charge in [0.05, 0.1) is 11.3 Å². The highest BCUT2D eigenvalue weighted by Crippen LogP contribution is 2.30. The van der Waals surface area contributed by atoms with E-state index >= 15 is 0 Å². The van der Waals surface area contributed by atoms with Crippen LogP contribution in [0.2, 0.25) is 0 Å². The first-order valence-corrected chi connectivity index (χ1v) is 9.03. The lowest BCUT2D eigenvalue weighted by Gasteiger charge is -2.21. The lowest BCUT2D eigenvalue weighted by molar-refractivity contribution is 0.0774. The molecule has 3 aromatic rings. The van der Waals surface area contributed by atoms with Crippen LogP contribution in [-0.2, 0) is 0 Å². The average Bonchev–Trinajstić information content (AvgIpc) is 2.65. The van der Waals surface area contributed by atoms with Gasteiger partial charge in [0.1, 0.15) is 5.82 Å². The maximum Gasteiger partial charge on any atom is 0.257 e. The predicted octanol–water partition coefficient (Wildman–Crippen LogP) is 5.03. The summed E-state index contributed by atoms with van der Waals surface area (Å²) in [6, 6.07) is 8.57. The van der Waals surface area contributed by atoms with Gasteiger partial charge < -0.3 is 10.2 Å². The molecule has 0 atom stereocenters. The number of carbonyl (C=O) groups is 1. The minimum absolute atomic E-state index is 0. The van der Waals surface area contributed by atoms with Crippen molar-refractivity contribution in [3.05, 3.63) is 59.2 Å². The van der Waals surface area contributed by atoms with Crippen molar-refractivity contribution >= 4 is 40.7 Å². The third-order valence-corrected chi connectivity index (χ3v) is 4.58. The number of pyridine rings is 2. The molecule has 1 aromatic carbocycles. The fraction of sp³-hybridized carbons (Fsp3) is 0.286. The van der Waals surface area contributed by atoms with E-state index in [0.717, 1.165) is 11.1 Å². The summed E-state index contributed by atoms with van der Waals surface area (Å²) in [5.41, 5.74) is 3.75. The third-order valence-electron chi connectivity index (χ3n) is 4.58. The molecule has 0 radical (unpaired) electrons. The Morgan fingerprint density at radius 2 is 1.86 bits per heavy atom. The van der Waals surface area contributed by atoms with E-state index in [4.69, 9.17) is 0 Å². The minimum Gasteiger partial charge on any atom is -0.354 e. The summed E-state index contributed by atoms with van der Waals surface area (Å²) in [7, 11) is 0. The zero-order chi connectivity index (χ0) is 19.6. The maximum atomic E-state index is 13.6. The molecule has 148 valence electrons. The largest absolute Gasteiger partial charge is 0.354 e. The van der Waals surface area contributed by atoms with Gasteiger partial charge >= 0.3 is 0 Å². The van der Waals surface area contributed by atoms with E-state index in [1.807, 2.05) is 32.9 Å². The van der Waals surface area contributed by atoms with Gasteiger partial charge in [-0.25, -0.2) is 14.4 Å². The first kappa shape index (κ1) is 21.6. The molecule has 2 aromatic heterocycles. The normalized spacial score (nSPS) is 10.5. The molecular formula is C21H24ClFN4O. The van der Waals surface area contributed by atoms with Crippen LogP contribution in [0.1, 0.15) is 35.5 Å². The first-order valence-electron chi connectivity index (χ1n) is 9.03. The molecule has 1 N–H and O–H groups in total. The molecular weight excluding hydrogens is 379 g/mol. The van der Waals surface area contributed by atoms with Gasteiger partial charge in [0.25, 0.3) is 5.91 Å². The van der Waals surface area contributed by atoms with E-state index in [2.05, 4.69) is 15.3 Å². The molecule has 5 nitrogen and oxygen atoms in total. The van der Waals surface area contributed by atoms with Crippen LogP contribution in [0.25, 0.3) is 11.0 Å². The topological polar surface area (TPSA) is 58.1 Å². The first-order chi connectivity index (χ1) is 12.9. The lowest BCUT2D eigenvalue weighted by Crippen LogP contribution is -2.31. The Hall–Kier alpha value is -2.73. The second kappa shape index (κ2) is 8.97. The Bertz CT molecular complexity index is 1010. The molecule has 0 bridgehead atoms. The van der Waals surface area contributed by atoms with Gasteiger partial charge in [0, 0.05) is 36.1 Å². The SMILES string of the molecule is CCN(CC)C(=O)c1cnc2nc(C)ccc2c1Nc1ccc(F)c(C)c1.Cl. The van der Waals surface area contributed by atoms with E-state index in [1.54, 1.807) is 30.2 Å². The van der Waals surface area contributed by atoms with Crippen LogP contribution in [0.3, 0.4) is 0 Å². The van der Waals surface area contributed by atoms with Gasteiger partial charge in [-0.15, -0.1) is 12.4 Å². The highest BCUT2D eigenvalue weighted by Gasteiger charge is 2.20. The van der Waals surface area contributed by atoms with Crippen molar-refractivity contribution in [3.63, 3.8) is 0 Å². The molecule has 0 aliphatic rings. The lowest BCUT2D eigenvalue weighted by atomic mass is 10.1. The number of amides is 1. The summed E-state index contributed by atoms with van der Waals surface area (Å²) in [6.45, 7) is 8.70. The molecule has 3 rings (SSSR count). The van der Waals surface area contributed by atoms with E-state index in [1.165, 1.54) is 6.07 Å². The second-order valence-corrected chi connectivity index (χ2v) is 6.44. The number of hydrogen-bond donors (Lipinski definition) is 1. The smallest absolute Gasteiger partial charge is 0.257 e. The fourth-order valence-corrected chi connectivity index (χ4v) is 3.02. The number of aryl methyl sites for hydroxylation is 2. The summed E-state index contributed by atoms with van der Waals surface area (Å²) >= 11 is 0. The Kier molecular flexibility index (Phi) is 6.91. The Balaban J connectivity index is 0.00000280. The summed E-state index contributed by atoms with van der Waals surface area (Å²) in [4.78, 5) is 23.6. The molecule has 0 spiro atoms. The van der Waals surface area contributed by atoms with E-state index < -0.39 is 0 Å². The predicted molar refractivity (Wildman–Crippen MR) is 113 cm³/mol. The summed E-state index contributed by atoms with van der Waals surface area (Å²) < 4.78 is 13.6. The van der Waals surface area contributed by atoms with Gasteiger partial charge in [0.15, 0.2) is 5.65 Å². The van der Waals surface area contributed by atoms with Crippen molar-refractivity contribution < 1.29 is 9.18 Å². The van der Waals surface area contributed by atoms with Crippen molar-refractivity contribution in [2.75, 3.05) is 18.4 Å². The van der Waals surface area contributed by atoms with E-state index in [-0.39, 0.29) is 24.1 Å². The van der Waals surface area contributed by atoms with Crippen LogP contribution in [-0.4, -0.2) is 33.9 Å². The molecule has 0 aliphatic carbocycles. The molecule has 1 amide bonds. The Morgan fingerprint density at radius 3 is 2.50 bits per heavy atom. The van der Waals surface area contributed by atoms with Crippen molar-refractivity contribution in [3.8, 4) is 0 Å². The van der Waals surface area contributed by atoms with Gasteiger partial charge in [-0.3, -0.25) is 4.79 Å². The fourth-order valence-electron chi connectivity index (χ4n) is 3.02.